The van der Waals surface area contributed by atoms with E-state index in [-0.39, 0.29) is 0 Å². The molecule has 16 heavy (non-hydrogen) atoms. The molecule has 0 fully saturated rings. The number of nitrogen functional groups attached to an aromatic ring is 1. The quantitative estimate of drug-likeness (QED) is 0.805. The zero-order valence-corrected chi connectivity index (χ0v) is 9.66. The second-order valence-corrected chi connectivity index (χ2v) is 3.82. The van der Waals surface area contributed by atoms with Gasteiger partial charge in [-0.05, 0) is 23.8 Å². The lowest BCUT2D eigenvalue weighted by molar-refractivity contribution is 0.415. The minimum Gasteiger partial charge on any atom is -0.497 e. The van der Waals surface area contributed by atoms with Crippen LogP contribution in [0.2, 0.25) is 5.02 Å². The SMILES string of the molecule is COc1ccc(-c2cccc(N)c2Cl)cc1. The maximum atomic E-state index is 6.15. The minimum absolute atomic E-state index is 0.590. The Balaban J connectivity index is 2.46. The van der Waals surface area contributed by atoms with Gasteiger partial charge in [0.2, 0.25) is 0 Å². The van der Waals surface area contributed by atoms with Crippen LogP contribution in [-0.2, 0) is 0 Å². The highest BCUT2D eigenvalue weighted by Gasteiger charge is 2.05. The Morgan fingerprint density at radius 1 is 1.06 bits per heavy atom. The summed E-state index contributed by atoms with van der Waals surface area (Å²) in [7, 11) is 1.64. The van der Waals surface area contributed by atoms with Gasteiger partial charge in [0.1, 0.15) is 5.75 Å². The highest BCUT2D eigenvalue weighted by Crippen LogP contribution is 2.32. The van der Waals surface area contributed by atoms with Crippen molar-refractivity contribution in [2.45, 2.75) is 0 Å². The van der Waals surface area contributed by atoms with Gasteiger partial charge in [0, 0.05) is 5.56 Å². The molecule has 0 amide bonds. The van der Waals surface area contributed by atoms with Gasteiger partial charge in [0.05, 0.1) is 17.8 Å². The molecule has 0 unspecified atom stereocenters. The molecule has 0 aliphatic rings. The van der Waals surface area contributed by atoms with Gasteiger partial charge >= 0.3 is 0 Å². The third-order valence-electron chi connectivity index (χ3n) is 2.43. The van der Waals surface area contributed by atoms with Gasteiger partial charge in [-0.2, -0.15) is 0 Å². The van der Waals surface area contributed by atoms with Gasteiger partial charge in [-0.25, -0.2) is 0 Å². The van der Waals surface area contributed by atoms with Crippen LogP contribution in [0.3, 0.4) is 0 Å². The molecule has 2 nitrogen and oxygen atoms in total. The molecule has 0 saturated heterocycles. The molecule has 82 valence electrons. The van der Waals surface area contributed by atoms with E-state index in [0.717, 1.165) is 16.9 Å². The summed E-state index contributed by atoms with van der Waals surface area (Å²) in [5.41, 5.74) is 8.31. The van der Waals surface area contributed by atoms with Crippen molar-refractivity contribution >= 4 is 17.3 Å². The topological polar surface area (TPSA) is 35.2 Å². The molecule has 2 aromatic rings. The first-order chi connectivity index (χ1) is 7.72. The summed E-state index contributed by atoms with van der Waals surface area (Å²) in [5.74, 6) is 0.823. The number of methoxy groups -OCH3 is 1. The third kappa shape index (κ3) is 1.97. The molecule has 0 spiro atoms. The lowest BCUT2D eigenvalue weighted by Gasteiger charge is -2.07. The standard InChI is InChI=1S/C13H12ClNO/c1-16-10-7-5-9(6-8-10)11-3-2-4-12(15)13(11)14/h2-8H,15H2,1H3. The fraction of sp³-hybridized carbons (Fsp3) is 0.0769. The summed E-state index contributed by atoms with van der Waals surface area (Å²) in [5, 5.41) is 0.590. The number of hydrogen-bond acceptors (Lipinski definition) is 2. The molecule has 0 aromatic heterocycles. The van der Waals surface area contributed by atoms with Crippen molar-refractivity contribution in [1.29, 1.82) is 0 Å². The first kappa shape index (κ1) is 10.8. The molecule has 0 saturated carbocycles. The zero-order chi connectivity index (χ0) is 11.5. The van der Waals surface area contributed by atoms with Crippen molar-refractivity contribution in [2.75, 3.05) is 12.8 Å². The average molecular weight is 234 g/mol. The smallest absolute Gasteiger partial charge is 0.118 e. The lowest BCUT2D eigenvalue weighted by Crippen LogP contribution is -1.88. The molecule has 2 N–H and O–H groups in total. The van der Waals surface area contributed by atoms with E-state index in [1.54, 1.807) is 13.2 Å². The van der Waals surface area contributed by atoms with Crippen molar-refractivity contribution < 1.29 is 4.74 Å². The summed E-state index contributed by atoms with van der Waals surface area (Å²) in [6.45, 7) is 0. The molecule has 0 aliphatic carbocycles. The summed E-state index contributed by atoms with van der Waals surface area (Å²) in [6.07, 6.45) is 0. The Hall–Kier alpha value is -1.67. The minimum atomic E-state index is 0.590. The molecule has 3 heteroatoms. The number of ether oxygens (including phenoxy) is 1. The Bertz CT molecular complexity index is 494. The van der Waals surface area contributed by atoms with Crippen LogP contribution in [0.15, 0.2) is 42.5 Å². The van der Waals surface area contributed by atoms with Crippen LogP contribution in [0, 0.1) is 0 Å². The van der Waals surface area contributed by atoms with E-state index in [1.165, 1.54) is 0 Å². The Kier molecular flexibility index (Phi) is 3.02. The second-order valence-electron chi connectivity index (χ2n) is 3.44. The van der Waals surface area contributed by atoms with E-state index in [4.69, 9.17) is 22.1 Å². The van der Waals surface area contributed by atoms with Crippen molar-refractivity contribution in [3.05, 3.63) is 47.5 Å². The molecule has 0 aliphatic heterocycles. The van der Waals surface area contributed by atoms with E-state index < -0.39 is 0 Å². The van der Waals surface area contributed by atoms with Crippen molar-refractivity contribution in [1.82, 2.24) is 0 Å². The maximum Gasteiger partial charge on any atom is 0.118 e. The largest absolute Gasteiger partial charge is 0.497 e. The van der Waals surface area contributed by atoms with Crippen molar-refractivity contribution in [2.24, 2.45) is 0 Å². The highest BCUT2D eigenvalue weighted by atomic mass is 35.5. The van der Waals surface area contributed by atoms with Gasteiger partial charge in [-0.15, -0.1) is 0 Å². The summed E-state index contributed by atoms with van der Waals surface area (Å²) >= 11 is 6.15. The van der Waals surface area contributed by atoms with Crippen LogP contribution in [0.1, 0.15) is 0 Å². The number of rotatable bonds is 2. The van der Waals surface area contributed by atoms with Crippen molar-refractivity contribution in [3.63, 3.8) is 0 Å². The van der Waals surface area contributed by atoms with Crippen LogP contribution in [-0.4, -0.2) is 7.11 Å². The number of benzene rings is 2. The molecule has 0 heterocycles. The van der Waals surface area contributed by atoms with Crippen LogP contribution < -0.4 is 10.5 Å². The average Bonchev–Trinajstić information content (AvgIpc) is 2.33. The maximum absolute atomic E-state index is 6.15. The van der Waals surface area contributed by atoms with E-state index >= 15 is 0 Å². The fourth-order valence-corrected chi connectivity index (χ4v) is 1.78. The van der Waals surface area contributed by atoms with Gasteiger partial charge < -0.3 is 10.5 Å². The Morgan fingerprint density at radius 3 is 2.38 bits per heavy atom. The molecular formula is C13H12ClNO. The summed E-state index contributed by atoms with van der Waals surface area (Å²) in [4.78, 5) is 0. The van der Waals surface area contributed by atoms with E-state index in [0.29, 0.717) is 10.7 Å². The van der Waals surface area contributed by atoms with Gasteiger partial charge in [-0.1, -0.05) is 35.9 Å². The zero-order valence-electron chi connectivity index (χ0n) is 8.91. The Labute approximate surface area is 99.6 Å². The molecule has 0 atom stereocenters. The van der Waals surface area contributed by atoms with Crippen LogP contribution >= 0.6 is 11.6 Å². The molecule has 2 aromatic carbocycles. The predicted molar refractivity (Wildman–Crippen MR) is 67.9 cm³/mol. The number of hydrogen-bond donors (Lipinski definition) is 1. The summed E-state index contributed by atoms with van der Waals surface area (Å²) in [6, 6.07) is 13.3. The number of nitrogens with two attached hydrogens (primary N) is 1. The molecule has 2 rings (SSSR count). The van der Waals surface area contributed by atoms with Gasteiger partial charge in [0.15, 0.2) is 0 Å². The molecule has 0 radical (unpaired) electrons. The monoisotopic (exact) mass is 233 g/mol. The lowest BCUT2D eigenvalue weighted by atomic mass is 10.0. The predicted octanol–water partition coefficient (Wildman–Crippen LogP) is 3.60. The molecular weight excluding hydrogens is 222 g/mol. The number of anilines is 1. The van der Waals surface area contributed by atoms with Gasteiger partial charge in [0.25, 0.3) is 0 Å². The van der Waals surface area contributed by atoms with Crippen LogP contribution in [0.25, 0.3) is 11.1 Å². The van der Waals surface area contributed by atoms with E-state index in [2.05, 4.69) is 0 Å². The first-order valence-electron chi connectivity index (χ1n) is 4.91. The number of halogens is 1. The second kappa shape index (κ2) is 4.45. The normalized spacial score (nSPS) is 10.1. The third-order valence-corrected chi connectivity index (χ3v) is 2.85. The first-order valence-corrected chi connectivity index (χ1v) is 5.28. The van der Waals surface area contributed by atoms with Crippen molar-refractivity contribution in [3.8, 4) is 16.9 Å². The highest BCUT2D eigenvalue weighted by molar-refractivity contribution is 6.35. The van der Waals surface area contributed by atoms with E-state index in [1.807, 2.05) is 36.4 Å². The summed E-state index contributed by atoms with van der Waals surface area (Å²) < 4.78 is 5.10. The molecule has 0 bridgehead atoms. The van der Waals surface area contributed by atoms with Crippen LogP contribution in [0.5, 0.6) is 5.75 Å². The Morgan fingerprint density at radius 2 is 1.75 bits per heavy atom. The van der Waals surface area contributed by atoms with Gasteiger partial charge in [-0.3, -0.25) is 0 Å². The fourth-order valence-electron chi connectivity index (χ4n) is 1.54. The van der Waals surface area contributed by atoms with E-state index in [9.17, 15) is 0 Å². The van der Waals surface area contributed by atoms with Crippen LogP contribution in [0.4, 0.5) is 5.69 Å².